The maximum Gasteiger partial charge on any atom is 0.0964 e. The largest absolute Gasteiger partial charge is 0.308 e. The van der Waals surface area contributed by atoms with Crippen molar-refractivity contribution in [2.75, 3.05) is 19.6 Å². The van der Waals surface area contributed by atoms with E-state index in [9.17, 15) is 0 Å². The molecule has 0 aromatic carbocycles. The molecule has 5 heteroatoms. The molecular weight excluding hydrogens is 238 g/mol. The van der Waals surface area contributed by atoms with Gasteiger partial charge in [-0.25, -0.2) is 0 Å². The van der Waals surface area contributed by atoms with Gasteiger partial charge in [-0.3, -0.25) is 4.68 Å². The number of nitrogens with one attached hydrogen (secondary N) is 1. The van der Waals surface area contributed by atoms with Crippen molar-refractivity contribution in [1.29, 1.82) is 0 Å². The molecule has 0 aliphatic heterocycles. The minimum Gasteiger partial charge on any atom is -0.308 e. The number of hydrogen-bond acceptors (Lipinski definition) is 4. The summed E-state index contributed by atoms with van der Waals surface area (Å²) in [5.74, 6) is 0. The zero-order chi connectivity index (χ0) is 13.5. The summed E-state index contributed by atoms with van der Waals surface area (Å²) in [6.07, 6.45) is 7.14. The van der Waals surface area contributed by atoms with Gasteiger partial charge in [-0.2, -0.15) is 0 Å². The second-order valence-electron chi connectivity index (χ2n) is 5.47. The number of rotatable bonds is 10. The summed E-state index contributed by atoms with van der Waals surface area (Å²) >= 11 is 0. The first-order valence-corrected chi connectivity index (χ1v) is 7.66. The normalized spacial score (nSPS) is 15.3. The Morgan fingerprint density at radius 2 is 2.00 bits per heavy atom. The minimum atomic E-state index is 0.731. The van der Waals surface area contributed by atoms with Crippen LogP contribution in [0.2, 0.25) is 0 Å². The van der Waals surface area contributed by atoms with Crippen molar-refractivity contribution >= 4 is 0 Å². The highest BCUT2D eigenvalue weighted by atomic mass is 15.4. The van der Waals surface area contributed by atoms with E-state index in [1.165, 1.54) is 38.8 Å². The molecule has 1 fully saturated rings. The quantitative estimate of drug-likeness (QED) is 0.699. The van der Waals surface area contributed by atoms with Crippen LogP contribution >= 0.6 is 0 Å². The molecule has 1 aliphatic carbocycles. The molecule has 108 valence electrons. The molecule has 1 N–H and O–H groups in total. The molecule has 19 heavy (non-hydrogen) atoms. The number of hydrogen-bond donors (Lipinski definition) is 1. The Morgan fingerprint density at radius 1 is 1.26 bits per heavy atom. The smallest absolute Gasteiger partial charge is 0.0964 e. The van der Waals surface area contributed by atoms with Gasteiger partial charge in [0.2, 0.25) is 0 Å². The standard InChI is InChI=1S/C14H27N5/c1-3-7-18(8-4-2)9-10-19-12-14(16-17-19)11-15-13-5-6-13/h12-13,15H,3-11H2,1-2H3. The van der Waals surface area contributed by atoms with Gasteiger partial charge < -0.3 is 10.2 Å². The average Bonchev–Trinajstić information content (AvgIpc) is 3.13. The topological polar surface area (TPSA) is 46.0 Å². The van der Waals surface area contributed by atoms with Gasteiger partial charge in [-0.05, 0) is 38.8 Å². The molecule has 0 unspecified atom stereocenters. The predicted molar refractivity (Wildman–Crippen MR) is 76.9 cm³/mol. The molecule has 5 nitrogen and oxygen atoms in total. The van der Waals surface area contributed by atoms with E-state index in [0.29, 0.717) is 0 Å². The van der Waals surface area contributed by atoms with E-state index in [1.807, 2.05) is 4.68 Å². The molecule has 1 saturated carbocycles. The van der Waals surface area contributed by atoms with Crippen LogP contribution in [0.4, 0.5) is 0 Å². The van der Waals surface area contributed by atoms with Crippen molar-refractivity contribution in [3.63, 3.8) is 0 Å². The van der Waals surface area contributed by atoms with Gasteiger partial charge in [0, 0.05) is 25.3 Å². The van der Waals surface area contributed by atoms with Gasteiger partial charge in [0.1, 0.15) is 0 Å². The maximum absolute atomic E-state index is 4.22. The molecular formula is C14H27N5. The molecule has 0 bridgehead atoms. The van der Waals surface area contributed by atoms with Gasteiger partial charge in [0.05, 0.1) is 12.2 Å². The van der Waals surface area contributed by atoms with Gasteiger partial charge >= 0.3 is 0 Å². The first-order valence-electron chi connectivity index (χ1n) is 7.66. The van der Waals surface area contributed by atoms with E-state index in [0.717, 1.165) is 31.4 Å². The minimum absolute atomic E-state index is 0.731. The highest BCUT2D eigenvalue weighted by molar-refractivity contribution is 4.94. The lowest BCUT2D eigenvalue weighted by atomic mass is 10.3. The van der Waals surface area contributed by atoms with Crippen LogP contribution in [-0.2, 0) is 13.1 Å². The molecule has 0 saturated heterocycles. The molecule has 0 atom stereocenters. The van der Waals surface area contributed by atoms with Crippen molar-refractivity contribution in [1.82, 2.24) is 25.2 Å². The average molecular weight is 265 g/mol. The third-order valence-electron chi connectivity index (χ3n) is 3.46. The fraction of sp³-hybridized carbons (Fsp3) is 0.857. The third kappa shape index (κ3) is 5.28. The van der Waals surface area contributed by atoms with Crippen LogP contribution in [0.5, 0.6) is 0 Å². The highest BCUT2D eigenvalue weighted by Crippen LogP contribution is 2.18. The monoisotopic (exact) mass is 265 g/mol. The first kappa shape index (κ1) is 14.5. The van der Waals surface area contributed by atoms with Gasteiger partial charge in [-0.1, -0.05) is 19.1 Å². The van der Waals surface area contributed by atoms with Crippen LogP contribution in [-0.4, -0.2) is 45.6 Å². The predicted octanol–water partition coefficient (Wildman–Crippen LogP) is 1.65. The summed E-state index contributed by atoms with van der Waals surface area (Å²) in [5, 5.41) is 11.9. The maximum atomic E-state index is 4.22. The highest BCUT2D eigenvalue weighted by Gasteiger charge is 2.20. The molecule has 1 aromatic heterocycles. The lowest BCUT2D eigenvalue weighted by molar-refractivity contribution is 0.258. The van der Waals surface area contributed by atoms with Crippen LogP contribution in [0.25, 0.3) is 0 Å². The summed E-state index contributed by atoms with van der Waals surface area (Å²) in [6, 6.07) is 0.731. The zero-order valence-corrected chi connectivity index (χ0v) is 12.3. The molecule has 1 aliphatic rings. The Balaban J connectivity index is 1.71. The van der Waals surface area contributed by atoms with Crippen molar-refractivity contribution in [3.05, 3.63) is 11.9 Å². The number of nitrogens with zero attached hydrogens (tertiary/aromatic N) is 4. The summed E-state index contributed by atoms with van der Waals surface area (Å²) in [6.45, 7) is 9.70. The molecule has 0 amide bonds. The Labute approximate surface area is 116 Å². The molecule has 1 aromatic rings. The summed E-state index contributed by atoms with van der Waals surface area (Å²) in [5.41, 5.74) is 1.06. The molecule has 2 rings (SSSR count). The molecule has 0 radical (unpaired) electrons. The van der Waals surface area contributed by atoms with E-state index < -0.39 is 0 Å². The lowest BCUT2D eigenvalue weighted by Crippen LogP contribution is -2.29. The van der Waals surface area contributed by atoms with Crippen LogP contribution < -0.4 is 5.32 Å². The first-order chi connectivity index (χ1) is 9.31. The van der Waals surface area contributed by atoms with E-state index in [2.05, 4.69) is 40.6 Å². The Hall–Kier alpha value is -0.940. The van der Waals surface area contributed by atoms with Gasteiger partial charge in [0.25, 0.3) is 0 Å². The van der Waals surface area contributed by atoms with Gasteiger partial charge in [0.15, 0.2) is 0 Å². The Morgan fingerprint density at radius 3 is 2.63 bits per heavy atom. The van der Waals surface area contributed by atoms with Crippen LogP contribution in [0.3, 0.4) is 0 Å². The zero-order valence-electron chi connectivity index (χ0n) is 12.3. The second kappa shape index (κ2) is 7.60. The SMILES string of the molecule is CCCN(CCC)CCn1cc(CNC2CC2)nn1. The molecule has 1 heterocycles. The summed E-state index contributed by atoms with van der Waals surface area (Å²) < 4.78 is 1.97. The van der Waals surface area contributed by atoms with E-state index in [4.69, 9.17) is 0 Å². The van der Waals surface area contributed by atoms with Crippen LogP contribution in [0.15, 0.2) is 6.20 Å². The van der Waals surface area contributed by atoms with E-state index in [1.54, 1.807) is 0 Å². The van der Waals surface area contributed by atoms with Crippen LogP contribution in [0, 0.1) is 0 Å². The molecule has 0 spiro atoms. The third-order valence-corrected chi connectivity index (χ3v) is 3.46. The van der Waals surface area contributed by atoms with Crippen molar-refractivity contribution in [3.8, 4) is 0 Å². The van der Waals surface area contributed by atoms with Crippen LogP contribution in [0.1, 0.15) is 45.2 Å². The lowest BCUT2D eigenvalue weighted by Gasteiger charge is -2.20. The van der Waals surface area contributed by atoms with Crippen molar-refractivity contribution < 1.29 is 0 Å². The fourth-order valence-electron chi connectivity index (χ4n) is 2.28. The number of aromatic nitrogens is 3. The summed E-state index contributed by atoms with van der Waals surface area (Å²) in [7, 11) is 0. The van der Waals surface area contributed by atoms with Gasteiger partial charge in [-0.15, -0.1) is 5.10 Å². The Bertz CT molecular complexity index is 352. The second-order valence-corrected chi connectivity index (χ2v) is 5.47. The summed E-state index contributed by atoms with van der Waals surface area (Å²) in [4.78, 5) is 2.50. The van der Waals surface area contributed by atoms with E-state index >= 15 is 0 Å². The fourth-order valence-corrected chi connectivity index (χ4v) is 2.28. The Kier molecular flexibility index (Phi) is 5.79. The van der Waals surface area contributed by atoms with Crippen molar-refractivity contribution in [2.45, 2.75) is 58.7 Å². The van der Waals surface area contributed by atoms with E-state index in [-0.39, 0.29) is 0 Å². The van der Waals surface area contributed by atoms with Crippen molar-refractivity contribution in [2.24, 2.45) is 0 Å².